The van der Waals surface area contributed by atoms with E-state index in [0.29, 0.717) is 13.1 Å². The van der Waals surface area contributed by atoms with Gasteiger partial charge in [0.15, 0.2) is 0 Å². The molecule has 8 nitrogen and oxygen atoms in total. The van der Waals surface area contributed by atoms with Crippen LogP contribution in [0.15, 0.2) is 0 Å². The molecular formula is C14H40N8. The number of nitrogens with one attached hydrogen (secondary N) is 4. The third-order valence-corrected chi connectivity index (χ3v) is 2.71. The summed E-state index contributed by atoms with van der Waals surface area (Å²) in [6.45, 7) is 10.8. The first-order valence-electron chi connectivity index (χ1n) is 8.46. The average molecular weight is 321 g/mol. The summed E-state index contributed by atoms with van der Waals surface area (Å²) in [6.07, 6.45) is 2.12. The number of nitrogens with two attached hydrogens (primary N) is 4. The van der Waals surface area contributed by atoms with Crippen molar-refractivity contribution < 1.29 is 0 Å². The first-order valence-corrected chi connectivity index (χ1v) is 8.46. The lowest BCUT2D eigenvalue weighted by atomic mass is 10.4. The van der Waals surface area contributed by atoms with E-state index < -0.39 is 0 Å². The van der Waals surface area contributed by atoms with Crippen LogP contribution in [0.4, 0.5) is 0 Å². The van der Waals surface area contributed by atoms with Gasteiger partial charge in [-0.25, -0.2) is 0 Å². The first kappa shape index (κ1) is 23.9. The molecule has 0 spiro atoms. The standard InChI is InChI=1S/C8H22N4.C6H18N4/c9-3-1-5-11-7-8-12-6-2-4-10;7-1-3-9-5-6-10-4-2-8/h11-12H,1-10H2;9-10H,1-8H2. The van der Waals surface area contributed by atoms with Crippen LogP contribution in [0.2, 0.25) is 0 Å². The van der Waals surface area contributed by atoms with Crippen LogP contribution in [0.1, 0.15) is 12.8 Å². The van der Waals surface area contributed by atoms with E-state index in [2.05, 4.69) is 21.3 Å². The molecule has 0 saturated carbocycles. The third kappa shape index (κ3) is 27.9. The van der Waals surface area contributed by atoms with E-state index in [0.717, 1.165) is 78.3 Å². The highest BCUT2D eigenvalue weighted by molar-refractivity contribution is 4.53. The van der Waals surface area contributed by atoms with E-state index in [4.69, 9.17) is 22.9 Å². The molecule has 12 N–H and O–H groups in total. The molecule has 0 aliphatic rings. The van der Waals surface area contributed by atoms with Crippen molar-refractivity contribution in [2.75, 3.05) is 78.5 Å². The largest absolute Gasteiger partial charge is 0.330 e. The van der Waals surface area contributed by atoms with Gasteiger partial charge in [-0.05, 0) is 39.0 Å². The summed E-state index contributed by atoms with van der Waals surface area (Å²) in [6, 6.07) is 0. The second kappa shape index (κ2) is 25.6. The molecule has 136 valence electrons. The minimum atomic E-state index is 0.705. The normalized spacial score (nSPS) is 10.4. The van der Waals surface area contributed by atoms with Crippen LogP contribution in [0.25, 0.3) is 0 Å². The monoisotopic (exact) mass is 320 g/mol. The van der Waals surface area contributed by atoms with Crippen molar-refractivity contribution in [1.29, 1.82) is 0 Å². The molecule has 0 atom stereocenters. The van der Waals surface area contributed by atoms with Crippen molar-refractivity contribution in [3.05, 3.63) is 0 Å². The Hall–Kier alpha value is -0.320. The highest BCUT2D eigenvalue weighted by Crippen LogP contribution is 1.70. The lowest BCUT2D eigenvalue weighted by Gasteiger charge is -2.04. The van der Waals surface area contributed by atoms with Gasteiger partial charge in [0.2, 0.25) is 0 Å². The van der Waals surface area contributed by atoms with Crippen LogP contribution in [0.5, 0.6) is 0 Å². The predicted octanol–water partition coefficient (Wildman–Crippen LogP) is -3.05. The SMILES string of the molecule is NCCCNCCNCCCN.NCCNCCNCCN. The Labute approximate surface area is 136 Å². The van der Waals surface area contributed by atoms with Crippen molar-refractivity contribution in [2.24, 2.45) is 22.9 Å². The van der Waals surface area contributed by atoms with Crippen LogP contribution < -0.4 is 44.2 Å². The van der Waals surface area contributed by atoms with Crippen molar-refractivity contribution >= 4 is 0 Å². The number of hydrogen-bond acceptors (Lipinski definition) is 8. The average Bonchev–Trinajstić information content (AvgIpc) is 2.54. The lowest BCUT2D eigenvalue weighted by Crippen LogP contribution is -2.32. The highest BCUT2D eigenvalue weighted by Gasteiger charge is 1.87. The molecule has 0 heterocycles. The van der Waals surface area contributed by atoms with Crippen molar-refractivity contribution in [1.82, 2.24) is 21.3 Å². The maximum Gasteiger partial charge on any atom is 0.00772 e. The third-order valence-electron chi connectivity index (χ3n) is 2.71. The Balaban J connectivity index is 0. The second-order valence-electron chi connectivity index (χ2n) is 4.86. The Morgan fingerprint density at radius 1 is 0.364 bits per heavy atom. The van der Waals surface area contributed by atoms with Crippen molar-refractivity contribution in [2.45, 2.75) is 12.8 Å². The van der Waals surface area contributed by atoms with Gasteiger partial charge in [0.25, 0.3) is 0 Å². The molecule has 22 heavy (non-hydrogen) atoms. The van der Waals surface area contributed by atoms with E-state index in [-0.39, 0.29) is 0 Å². The van der Waals surface area contributed by atoms with Crippen molar-refractivity contribution in [3.63, 3.8) is 0 Å². The zero-order valence-electron chi connectivity index (χ0n) is 14.2. The van der Waals surface area contributed by atoms with Gasteiger partial charge in [-0.1, -0.05) is 0 Å². The van der Waals surface area contributed by atoms with Gasteiger partial charge in [-0.15, -0.1) is 0 Å². The first-order chi connectivity index (χ1) is 10.8. The quantitative estimate of drug-likeness (QED) is 0.140. The van der Waals surface area contributed by atoms with E-state index in [9.17, 15) is 0 Å². The van der Waals surface area contributed by atoms with E-state index in [1.165, 1.54) is 0 Å². The van der Waals surface area contributed by atoms with Gasteiger partial charge in [0, 0.05) is 52.4 Å². The topological polar surface area (TPSA) is 152 Å². The minimum Gasteiger partial charge on any atom is -0.330 e. The Morgan fingerprint density at radius 2 is 0.682 bits per heavy atom. The zero-order chi connectivity index (χ0) is 16.7. The molecule has 0 amide bonds. The lowest BCUT2D eigenvalue weighted by molar-refractivity contribution is 0.590. The molecule has 0 fully saturated rings. The summed E-state index contributed by atoms with van der Waals surface area (Å²) in [5.41, 5.74) is 21.2. The molecule has 0 aliphatic carbocycles. The minimum absolute atomic E-state index is 0.705. The van der Waals surface area contributed by atoms with Gasteiger partial charge < -0.3 is 44.2 Å². The van der Waals surface area contributed by atoms with Gasteiger partial charge in [-0.3, -0.25) is 0 Å². The van der Waals surface area contributed by atoms with Crippen LogP contribution >= 0.6 is 0 Å². The Morgan fingerprint density at radius 3 is 0.955 bits per heavy atom. The molecule has 0 aromatic heterocycles. The maximum absolute atomic E-state index is 5.34. The number of hydrogen-bond donors (Lipinski definition) is 8. The summed E-state index contributed by atoms with van der Waals surface area (Å²) in [7, 11) is 0. The predicted molar refractivity (Wildman–Crippen MR) is 96.9 cm³/mol. The fourth-order valence-corrected chi connectivity index (χ4v) is 1.51. The molecule has 0 saturated heterocycles. The van der Waals surface area contributed by atoms with Gasteiger partial charge >= 0.3 is 0 Å². The highest BCUT2D eigenvalue weighted by atomic mass is 15.0. The summed E-state index contributed by atoms with van der Waals surface area (Å²) >= 11 is 0. The molecule has 0 aromatic rings. The molecule has 0 radical (unpaired) electrons. The van der Waals surface area contributed by atoms with Crippen LogP contribution in [-0.4, -0.2) is 78.5 Å². The summed E-state index contributed by atoms with van der Waals surface area (Å²) in [5, 5.41) is 12.9. The molecular weight excluding hydrogens is 280 g/mol. The number of rotatable bonds is 16. The Kier molecular flexibility index (Phi) is 27.9. The smallest absolute Gasteiger partial charge is 0.00772 e. The van der Waals surface area contributed by atoms with Crippen molar-refractivity contribution in [3.8, 4) is 0 Å². The molecule has 0 aromatic carbocycles. The summed E-state index contributed by atoms with van der Waals surface area (Å²) in [5.74, 6) is 0. The van der Waals surface area contributed by atoms with Crippen LogP contribution in [0, 0.1) is 0 Å². The fraction of sp³-hybridized carbons (Fsp3) is 1.00. The zero-order valence-corrected chi connectivity index (χ0v) is 14.2. The summed E-state index contributed by atoms with van der Waals surface area (Å²) < 4.78 is 0. The van der Waals surface area contributed by atoms with E-state index in [1.807, 2.05) is 0 Å². The Bertz CT molecular complexity index is 153. The van der Waals surface area contributed by atoms with Crippen LogP contribution in [-0.2, 0) is 0 Å². The maximum atomic E-state index is 5.34. The van der Waals surface area contributed by atoms with Gasteiger partial charge in [-0.2, -0.15) is 0 Å². The van der Waals surface area contributed by atoms with Gasteiger partial charge in [0.05, 0.1) is 0 Å². The van der Waals surface area contributed by atoms with Crippen LogP contribution in [0.3, 0.4) is 0 Å². The fourth-order valence-electron chi connectivity index (χ4n) is 1.51. The molecule has 0 aliphatic heterocycles. The molecule has 0 bridgehead atoms. The summed E-state index contributed by atoms with van der Waals surface area (Å²) in [4.78, 5) is 0. The van der Waals surface area contributed by atoms with E-state index in [1.54, 1.807) is 0 Å². The molecule has 0 rings (SSSR count). The van der Waals surface area contributed by atoms with Gasteiger partial charge in [0.1, 0.15) is 0 Å². The molecule has 0 unspecified atom stereocenters. The van der Waals surface area contributed by atoms with E-state index >= 15 is 0 Å². The molecule has 8 heteroatoms. The second-order valence-corrected chi connectivity index (χ2v) is 4.86.